The molecule has 1 aliphatic rings. The number of hydrogen-bond donors (Lipinski definition) is 2. The van der Waals surface area contributed by atoms with E-state index in [1.54, 1.807) is 24.3 Å². The Hall–Kier alpha value is -2.25. The van der Waals surface area contributed by atoms with E-state index in [1.807, 2.05) is 0 Å². The first kappa shape index (κ1) is 17.6. The van der Waals surface area contributed by atoms with E-state index in [4.69, 9.17) is 4.74 Å². The summed E-state index contributed by atoms with van der Waals surface area (Å²) in [4.78, 5) is 26.7. The number of aromatic nitrogens is 2. The number of carbonyl (C=O) groups excluding carboxylic acids is 1. The molecule has 1 amide bonds. The summed E-state index contributed by atoms with van der Waals surface area (Å²) in [7, 11) is 0. The summed E-state index contributed by atoms with van der Waals surface area (Å²) in [5, 5.41) is 10.2. The minimum atomic E-state index is -0.308. The number of fused-ring (bicyclic) bond motifs is 1. The molecule has 0 aliphatic carbocycles. The predicted molar refractivity (Wildman–Crippen MR) is 95.7 cm³/mol. The van der Waals surface area contributed by atoms with Crippen molar-refractivity contribution < 1.29 is 9.53 Å². The summed E-state index contributed by atoms with van der Waals surface area (Å²) < 4.78 is 5.75. The van der Waals surface area contributed by atoms with Gasteiger partial charge in [-0.2, -0.15) is 5.10 Å². The third-order valence-electron chi connectivity index (χ3n) is 4.25. The Bertz CT molecular complexity index is 802. The summed E-state index contributed by atoms with van der Waals surface area (Å²) in [6.45, 7) is 8.24. The van der Waals surface area contributed by atoms with E-state index >= 15 is 0 Å². The highest BCUT2D eigenvalue weighted by atomic mass is 16.5. The van der Waals surface area contributed by atoms with E-state index in [1.165, 1.54) is 0 Å². The molecule has 1 aromatic heterocycles. The lowest BCUT2D eigenvalue weighted by Gasteiger charge is -2.33. The lowest BCUT2D eigenvalue weighted by atomic mass is 10.1. The Morgan fingerprint density at radius 2 is 2.16 bits per heavy atom. The molecular formula is C18H24N4O3. The Balaban J connectivity index is 1.65. The van der Waals surface area contributed by atoms with Crippen molar-refractivity contribution in [3.63, 3.8) is 0 Å². The Morgan fingerprint density at radius 3 is 2.92 bits per heavy atom. The van der Waals surface area contributed by atoms with Crippen LogP contribution in [-0.2, 0) is 4.74 Å². The number of benzene rings is 1. The van der Waals surface area contributed by atoms with E-state index in [9.17, 15) is 9.59 Å². The van der Waals surface area contributed by atoms with Gasteiger partial charge in [0.05, 0.1) is 18.1 Å². The zero-order chi connectivity index (χ0) is 17.8. The lowest BCUT2D eigenvalue weighted by Crippen LogP contribution is -2.48. The normalized spacial score (nSPS) is 18.6. The molecule has 7 nitrogen and oxygen atoms in total. The van der Waals surface area contributed by atoms with Crippen molar-refractivity contribution in [1.29, 1.82) is 0 Å². The molecule has 2 aromatic rings. The average Bonchev–Trinajstić information content (AvgIpc) is 2.60. The summed E-state index contributed by atoms with van der Waals surface area (Å²) in [5.41, 5.74) is -0.0721. The maximum Gasteiger partial charge on any atom is 0.272 e. The van der Waals surface area contributed by atoms with Crippen LogP contribution in [-0.4, -0.2) is 59.9 Å². The lowest BCUT2D eigenvalue weighted by molar-refractivity contribution is -0.0295. The first-order valence-corrected chi connectivity index (χ1v) is 8.64. The SMILES string of the molecule is CC(C)CN1CCO[C@H](CNC(=O)c2n[nH]c(=O)c3ccccc23)C1. The number of morpholine rings is 1. The minimum absolute atomic E-state index is 0.0366. The monoisotopic (exact) mass is 344 g/mol. The molecule has 0 radical (unpaired) electrons. The largest absolute Gasteiger partial charge is 0.374 e. The van der Waals surface area contributed by atoms with Crippen LogP contribution in [0.1, 0.15) is 24.3 Å². The fourth-order valence-corrected chi connectivity index (χ4v) is 3.16. The number of carbonyl (C=O) groups is 1. The quantitative estimate of drug-likeness (QED) is 0.845. The van der Waals surface area contributed by atoms with Gasteiger partial charge in [0.1, 0.15) is 0 Å². The molecule has 0 saturated carbocycles. The van der Waals surface area contributed by atoms with Gasteiger partial charge in [0.15, 0.2) is 5.69 Å². The van der Waals surface area contributed by atoms with E-state index in [0.717, 1.165) is 19.6 Å². The van der Waals surface area contributed by atoms with E-state index in [2.05, 4.69) is 34.3 Å². The van der Waals surface area contributed by atoms with E-state index in [0.29, 0.717) is 29.8 Å². The molecule has 1 fully saturated rings. The highest BCUT2D eigenvalue weighted by Gasteiger charge is 2.22. The van der Waals surface area contributed by atoms with Crippen molar-refractivity contribution in [2.24, 2.45) is 5.92 Å². The van der Waals surface area contributed by atoms with Crippen LogP contribution in [0.4, 0.5) is 0 Å². The fraction of sp³-hybridized carbons (Fsp3) is 0.500. The molecule has 0 unspecified atom stereocenters. The molecule has 7 heteroatoms. The number of aromatic amines is 1. The number of ether oxygens (including phenoxy) is 1. The molecule has 1 saturated heterocycles. The Kier molecular flexibility index (Phi) is 5.45. The first-order chi connectivity index (χ1) is 12.0. The van der Waals surface area contributed by atoms with Crippen LogP contribution < -0.4 is 10.9 Å². The molecule has 0 spiro atoms. The second-order valence-electron chi connectivity index (χ2n) is 6.80. The summed E-state index contributed by atoms with van der Waals surface area (Å²) in [6.07, 6.45) is -0.0366. The molecule has 1 aliphatic heterocycles. The van der Waals surface area contributed by atoms with Crippen LogP contribution in [0.25, 0.3) is 10.8 Å². The molecule has 134 valence electrons. The van der Waals surface area contributed by atoms with Gasteiger partial charge in [-0.1, -0.05) is 32.0 Å². The van der Waals surface area contributed by atoms with Gasteiger partial charge in [-0.25, -0.2) is 5.10 Å². The molecule has 0 bridgehead atoms. The summed E-state index contributed by atoms with van der Waals surface area (Å²) >= 11 is 0. The number of nitrogens with zero attached hydrogens (tertiary/aromatic N) is 2. The predicted octanol–water partition coefficient (Wildman–Crippen LogP) is 1.01. The van der Waals surface area contributed by atoms with Crippen molar-refractivity contribution in [3.8, 4) is 0 Å². The third kappa shape index (κ3) is 4.24. The van der Waals surface area contributed by atoms with E-state index in [-0.39, 0.29) is 23.3 Å². The Morgan fingerprint density at radius 1 is 1.40 bits per heavy atom. The molecule has 3 rings (SSSR count). The van der Waals surface area contributed by atoms with Gasteiger partial charge in [-0.05, 0) is 12.0 Å². The van der Waals surface area contributed by atoms with Gasteiger partial charge in [-0.15, -0.1) is 0 Å². The zero-order valence-electron chi connectivity index (χ0n) is 14.6. The van der Waals surface area contributed by atoms with Crippen LogP contribution in [0.15, 0.2) is 29.1 Å². The summed E-state index contributed by atoms with van der Waals surface area (Å²) in [5.74, 6) is 0.294. The fourth-order valence-electron chi connectivity index (χ4n) is 3.16. The highest BCUT2D eigenvalue weighted by molar-refractivity contribution is 6.04. The number of H-pyrrole nitrogens is 1. The second-order valence-corrected chi connectivity index (χ2v) is 6.80. The highest BCUT2D eigenvalue weighted by Crippen LogP contribution is 2.12. The Labute approximate surface area is 146 Å². The minimum Gasteiger partial charge on any atom is -0.374 e. The molecule has 1 atom stereocenters. The van der Waals surface area contributed by atoms with Gasteiger partial charge in [0, 0.05) is 31.6 Å². The number of amides is 1. The van der Waals surface area contributed by atoms with E-state index < -0.39 is 0 Å². The molecule has 25 heavy (non-hydrogen) atoms. The smallest absolute Gasteiger partial charge is 0.272 e. The van der Waals surface area contributed by atoms with Crippen molar-refractivity contribution in [3.05, 3.63) is 40.3 Å². The molecular weight excluding hydrogens is 320 g/mol. The van der Waals surface area contributed by atoms with Crippen LogP contribution in [0, 0.1) is 5.92 Å². The van der Waals surface area contributed by atoms with Crippen LogP contribution in [0.5, 0.6) is 0 Å². The number of rotatable bonds is 5. The van der Waals surface area contributed by atoms with Crippen molar-refractivity contribution >= 4 is 16.7 Å². The molecule has 2 heterocycles. The second kappa shape index (κ2) is 7.76. The van der Waals surface area contributed by atoms with Crippen LogP contribution in [0.3, 0.4) is 0 Å². The first-order valence-electron chi connectivity index (χ1n) is 8.64. The maximum absolute atomic E-state index is 12.5. The standard InChI is InChI=1S/C18H24N4O3/c1-12(2)10-22-7-8-25-13(11-22)9-19-18(24)16-14-5-3-4-6-15(14)17(23)21-20-16/h3-6,12-13H,7-11H2,1-2H3,(H,19,24)(H,21,23)/t13-/m1/s1. The molecule has 1 aromatic carbocycles. The van der Waals surface area contributed by atoms with Gasteiger partial charge in [-0.3, -0.25) is 14.5 Å². The molecule has 2 N–H and O–H groups in total. The number of hydrogen-bond acceptors (Lipinski definition) is 5. The summed E-state index contributed by atoms with van der Waals surface area (Å²) in [6, 6.07) is 6.96. The maximum atomic E-state index is 12.5. The van der Waals surface area contributed by atoms with Crippen molar-refractivity contribution in [2.45, 2.75) is 20.0 Å². The average molecular weight is 344 g/mol. The van der Waals surface area contributed by atoms with Crippen LogP contribution in [0.2, 0.25) is 0 Å². The zero-order valence-corrected chi connectivity index (χ0v) is 14.6. The number of nitrogens with one attached hydrogen (secondary N) is 2. The van der Waals surface area contributed by atoms with Gasteiger partial charge in [0.25, 0.3) is 11.5 Å². The van der Waals surface area contributed by atoms with Crippen molar-refractivity contribution in [1.82, 2.24) is 20.4 Å². The van der Waals surface area contributed by atoms with Gasteiger partial charge < -0.3 is 10.1 Å². The van der Waals surface area contributed by atoms with Crippen LogP contribution >= 0.6 is 0 Å². The van der Waals surface area contributed by atoms with Gasteiger partial charge in [0.2, 0.25) is 0 Å². The third-order valence-corrected chi connectivity index (χ3v) is 4.25. The van der Waals surface area contributed by atoms with Crippen molar-refractivity contribution in [2.75, 3.05) is 32.8 Å². The topological polar surface area (TPSA) is 87.3 Å². The van der Waals surface area contributed by atoms with Gasteiger partial charge >= 0.3 is 0 Å².